The van der Waals surface area contributed by atoms with Gasteiger partial charge in [-0.3, -0.25) is 0 Å². The number of rotatable bonds is 2. The van der Waals surface area contributed by atoms with Crippen molar-refractivity contribution < 1.29 is 9.53 Å². The highest BCUT2D eigenvalue weighted by Gasteiger charge is 2.27. The Labute approximate surface area is 119 Å². The molecule has 1 N–H and O–H groups in total. The first-order valence-corrected chi connectivity index (χ1v) is 6.95. The molecule has 1 atom stereocenters. The summed E-state index contributed by atoms with van der Waals surface area (Å²) in [5, 5.41) is 10.7. The standard InChI is InChI=1S/C14H22N4O2/c1-14(2,3)16-13(19)18-9-5-6-11(10-18)20-12-7-4-8-15-17-12/h4,7-8,11H,5-6,9-10H2,1-3H3,(H,16,19). The molecule has 110 valence electrons. The van der Waals surface area contributed by atoms with Crippen molar-refractivity contribution in [3.05, 3.63) is 18.3 Å². The second-order valence-corrected chi connectivity index (χ2v) is 6.07. The van der Waals surface area contributed by atoms with Crippen LogP contribution < -0.4 is 10.1 Å². The van der Waals surface area contributed by atoms with Gasteiger partial charge in [-0.2, -0.15) is 5.10 Å². The van der Waals surface area contributed by atoms with E-state index in [2.05, 4.69) is 15.5 Å². The van der Waals surface area contributed by atoms with Gasteiger partial charge in [-0.15, -0.1) is 5.10 Å². The van der Waals surface area contributed by atoms with Crippen LogP contribution in [0.3, 0.4) is 0 Å². The van der Waals surface area contributed by atoms with E-state index in [-0.39, 0.29) is 17.7 Å². The van der Waals surface area contributed by atoms with Crippen molar-refractivity contribution in [1.29, 1.82) is 0 Å². The minimum Gasteiger partial charge on any atom is -0.471 e. The van der Waals surface area contributed by atoms with Crippen LogP contribution in [-0.4, -0.2) is 45.9 Å². The van der Waals surface area contributed by atoms with Crippen molar-refractivity contribution in [1.82, 2.24) is 20.4 Å². The Morgan fingerprint density at radius 2 is 2.30 bits per heavy atom. The van der Waals surface area contributed by atoms with Gasteiger partial charge in [0, 0.05) is 24.3 Å². The molecule has 0 saturated carbocycles. The molecule has 1 fully saturated rings. The molecule has 20 heavy (non-hydrogen) atoms. The van der Waals surface area contributed by atoms with Gasteiger partial charge in [-0.05, 0) is 39.7 Å². The molecule has 2 amide bonds. The molecular formula is C14H22N4O2. The molecule has 6 nitrogen and oxygen atoms in total. The second kappa shape index (κ2) is 6.07. The van der Waals surface area contributed by atoms with E-state index in [1.54, 1.807) is 23.2 Å². The monoisotopic (exact) mass is 278 g/mol. The van der Waals surface area contributed by atoms with Crippen molar-refractivity contribution in [2.75, 3.05) is 13.1 Å². The number of hydrogen-bond donors (Lipinski definition) is 1. The van der Waals surface area contributed by atoms with Crippen LogP contribution in [0, 0.1) is 0 Å². The van der Waals surface area contributed by atoms with Crippen LogP contribution in [0.1, 0.15) is 33.6 Å². The molecule has 0 spiro atoms. The lowest BCUT2D eigenvalue weighted by molar-refractivity contribution is 0.0946. The summed E-state index contributed by atoms with van der Waals surface area (Å²) < 4.78 is 5.77. The Bertz CT molecular complexity index is 444. The molecule has 1 aliphatic rings. The highest BCUT2D eigenvalue weighted by Crippen LogP contribution is 2.16. The van der Waals surface area contributed by atoms with E-state index in [1.807, 2.05) is 20.8 Å². The third kappa shape index (κ3) is 4.36. The largest absolute Gasteiger partial charge is 0.471 e. The van der Waals surface area contributed by atoms with Crippen LogP contribution in [0.2, 0.25) is 0 Å². The predicted molar refractivity (Wildman–Crippen MR) is 75.5 cm³/mol. The van der Waals surface area contributed by atoms with E-state index in [9.17, 15) is 4.79 Å². The molecule has 2 rings (SSSR count). The maximum Gasteiger partial charge on any atom is 0.317 e. The maximum atomic E-state index is 12.1. The molecule has 1 aliphatic heterocycles. The Balaban J connectivity index is 1.90. The summed E-state index contributed by atoms with van der Waals surface area (Å²) in [6.45, 7) is 7.27. The van der Waals surface area contributed by atoms with Gasteiger partial charge < -0.3 is 15.0 Å². The van der Waals surface area contributed by atoms with Gasteiger partial charge in [0.2, 0.25) is 5.88 Å². The SMILES string of the molecule is CC(C)(C)NC(=O)N1CCCC(Oc2cccnn2)C1. The zero-order valence-electron chi connectivity index (χ0n) is 12.3. The number of hydrogen-bond acceptors (Lipinski definition) is 4. The average Bonchev–Trinajstić information content (AvgIpc) is 2.38. The van der Waals surface area contributed by atoms with Crippen LogP contribution in [0.4, 0.5) is 4.79 Å². The number of urea groups is 1. The Kier molecular flexibility index (Phi) is 4.42. The highest BCUT2D eigenvalue weighted by molar-refractivity contribution is 5.75. The zero-order valence-corrected chi connectivity index (χ0v) is 12.3. The number of nitrogens with one attached hydrogen (secondary N) is 1. The van der Waals surface area contributed by atoms with Crippen molar-refractivity contribution in [3.63, 3.8) is 0 Å². The van der Waals surface area contributed by atoms with E-state index in [0.29, 0.717) is 12.4 Å². The van der Waals surface area contributed by atoms with Gasteiger partial charge in [-0.25, -0.2) is 4.79 Å². The zero-order chi connectivity index (χ0) is 14.6. The van der Waals surface area contributed by atoms with E-state index in [0.717, 1.165) is 19.4 Å². The number of carbonyl (C=O) groups is 1. The van der Waals surface area contributed by atoms with Crippen LogP contribution in [0.15, 0.2) is 18.3 Å². The molecule has 0 radical (unpaired) electrons. The van der Waals surface area contributed by atoms with E-state index in [4.69, 9.17) is 4.74 Å². The summed E-state index contributed by atoms with van der Waals surface area (Å²) in [6.07, 6.45) is 3.45. The van der Waals surface area contributed by atoms with Gasteiger partial charge in [0.15, 0.2) is 0 Å². The molecule has 1 saturated heterocycles. The second-order valence-electron chi connectivity index (χ2n) is 6.07. The fourth-order valence-corrected chi connectivity index (χ4v) is 2.14. The summed E-state index contributed by atoms with van der Waals surface area (Å²) in [4.78, 5) is 13.9. The fraction of sp³-hybridized carbons (Fsp3) is 0.643. The lowest BCUT2D eigenvalue weighted by Gasteiger charge is -2.34. The summed E-state index contributed by atoms with van der Waals surface area (Å²) in [7, 11) is 0. The lowest BCUT2D eigenvalue weighted by Crippen LogP contribution is -2.53. The number of ether oxygens (including phenoxy) is 1. The molecule has 6 heteroatoms. The molecule has 2 heterocycles. The Morgan fingerprint density at radius 3 is 2.95 bits per heavy atom. The minimum absolute atomic E-state index is 0.0221. The molecular weight excluding hydrogens is 256 g/mol. The lowest BCUT2D eigenvalue weighted by atomic mass is 10.1. The van der Waals surface area contributed by atoms with E-state index in [1.165, 1.54) is 0 Å². The summed E-state index contributed by atoms with van der Waals surface area (Å²) in [5.41, 5.74) is -0.226. The highest BCUT2D eigenvalue weighted by atomic mass is 16.5. The van der Waals surface area contributed by atoms with Gasteiger partial charge >= 0.3 is 6.03 Å². The Hall–Kier alpha value is -1.85. The summed E-state index contributed by atoms with van der Waals surface area (Å²) >= 11 is 0. The van der Waals surface area contributed by atoms with Gasteiger partial charge in [0.1, 0.15) is 6.10 Å². The van der Waals surface area contributed by atoms with Crippen LogP contribution in [-0.2, 0) is 0 Å². The van der Waals surface area contributed by atoms with Crippen molar-refractivity contribution in [3.8, 4) is 5.88 Å². The van der Waals surface area contributed by atoms with Crippen LogP contribution >= 0.6 is 0 Å². The fourth-order valence-electron chi connectivity index (χ4n) is 2.14. The number of piperidine rings is 1. The quantitative estimate of drug-likeness (QED) is 0.896. The molecule has 0 aromatic carbocycles. The van der Waals surface area contributed by atoms with Gasteiger partial charge in [-0.1, -0.05) is 0 Å². The van der Waals surface area contributed by atoms with Gasteiger partial charge in [0.25, 0.3) is 0 Å². The van der Waals surface area contributed by atoms with Crippen molar-refractivity contribution >= 4 is 6.03 Å². The maximum absolute atomic E-state index is 12.1. The molecule has 0 bridgehead atoms. The molecule has 1 aromatic heterocycles. The number of nitrogens with zero attached hydrogens (tertiary/aromatic N) is 3. The predicted octanol–water partition coefficient (Wildman–Crippen LogP) is 1.83. The third-order valence-electron chi connectivity index (χ3n) is 2.98. The van der Waals surface area contributed by atoms with Gasteiger partial charge in [0.05, 0.1) is 6.54 Å². The summed E-state index contributed by atoms with van der Waals surface area (Å²) in [5.74, 6) is 0.510. The number of likely N-dealkylation sites (tertiary alicyclic amines) is 1. The topological polar surface area (TPSA) is 67.4 Å². The number of amides is 2. The van der Waals surface area contributed by atoms with Crippen molar-refractivity contribution in [2.24, 2.45) is 0 Å². The average molecular weight is 278 g/mol. The third-order valence-corrected chi connectivity index (χ3v) is 2.98. The number of aromatic nitrogens is 2. The molecule has 1 aromatic rings. The first kappa shape index (κ1) is 14.6. The smallest absolute Gasteiger partial charge is 0.317 e. The summed E-state index contributed by atoms with van der Waals surface area (Å²) in [6, 6.07) is 3.53. The van der Waals surface area contributed by atoms with E-state index < -0.39 is 0 Å². The van der Waals surface area contributed by atoms with Crippen molar-refractivity contribution in [2.45, 2.75) is 45.3 Å². The Morgan fingerprint density at radius 1 is 1.50 bits per heavy atom. The molecule has 0 aliphatic carbocycles. The minimum atomic E-state index is -0.226. The van der Waals surface area contributed by atoms with Crippen LogP contribution in [0.5, 0.6) is 5.88 Å². The van der Waals surface area contributed by atoms with Crippen LogP contribution in [0.25, 0.3) is 0 Å². The first-order chi connectivity index (χ1) is 9.44. The first-order valence-electron chi connectivity index (χ1n) is 6.95. The molecule has 1 unspecified atom stereocenters. The number of carbonyl (C=O) groups excluding carboxylic acids is 1. The normalized spacial score (nSPS) is 19.6. The van der Waals surface area contributed by atoms with E-state index >= 15 is 0 Å².